The molecule has 0 aliphatic carbocycles. The Morgan fingerprint density at radius 2 is 1.91 bits per heavy atom. The Bertz CT molecular complexity index is 657. The van der Waals surface area contributed by atoms with E-state index in [0.29, 0.717) is 13.1 Å². The number of benzene rings is 1. The van der Waals surface area contributed by atoms with Gasteiger partial charge in [0.1, 0.15) is 0 Å². The molecule has 0 saturated carbocycles. The molecular formula is C16H22N2O3S. The number of sulfonamides is 1. The van der Waals surface area contributed by atoms with Crippen LogP contribution in [-0.4, -0.2) is 44.0 Å². The number of carbonyl (C=O) groups excluding carboxylic acids is 1. The number of nitrogens with zero attached hydrogens (tertiary/aromatic N) is 2. The number of rotatable bonds is 3. The van der Waals surface area contributed by atoms with Gasteiger partial charge in [-0.25, -0.2) is 12.7 Å². The fraction of sp³-hybridized carbons (Fsp3) is 0.562. The molecule has 22 heavy (non-hydrogen) atoms. The van der Waals surface area contributed by atoms with Crippen molar-refractivity contribution in [1.82, 2.24) is 4.31 Å². The van der Waals surface area contributed by atoms with Crippen LogP contribution in [0.5, 0.6) is 0 Å². The smallest absolute Gasteiger partial charge is 0.228 e. The van der Waals surface area contributed by atoms with Crippen molar-refractivity contribution in [1.29, 1.82) is 0 Å². The molecule has 0 unspecified atom stereocenters. The van der Waals surface area contributed by atoms with Crippen molar-refractivity contribution in [3.8, 4) is 0 Å². The number of carbonyl (C=O) groups is 1. The van der Waals surface area contributed by atoms with E-state index in [1.54, 1.807) is 0 Å². The maximum atomic E-state index is 12.5. The third-order valence-electron chi connectivity index (χ3n) is 4.44. The van der Waals surface area contributed by atoms with Crippen LogP contribution in [-0.2, 0) is 21.2 Å². The third-order valence-corrected chi connectivity index (χ3v) is 6.40. The molecule has 1 aromatic rings. The lowest BCUT2D eigenvalue weighted by Gasteiger charge is -2.31. The van der Waals surface area contributed by atoms with E-state index in [0.717, 1.165) is 37.9 Å². The summed E-state index contributed by atoms with van der Waals surface area (Å²) >= 11 is 0. The monoisotopic (exact) mass is 322 g/mol. The largest absolute Gasteiger partial charge is 0.312 e. The highest BCUT2D eigenvalue weighted by molar-refractivity contribution is 7.89. The molecule has 0 spiro atoms. The molecule has 2 aliphatic rings. The van der Waals surface area contributed by atoms with Crippen molar-refractivity contribution >= 4 is 21.6 Å². The van der Waals surface area contributed by atoms with Crippen molar-refractivity contribution in [3.05, 3.63) is 29.8 Å². The van der Waals surface area contributed by atoms with Gasteiger partial charge in [0, 0.05) is 31.7 Å². The summed E-state index contributed by atoms with van der Waals surface area (Å²) in [5.74, 6) is 0.237. The molecule has 120 valence electrons. The Kier molecular flexibility index (Phi) is 4.49. The number of fused-ring (bicyclic) bond motifs is 1. The Labute approximate surface area is 132 Å². The lowest BCUT2D eigenvalue weighted by atomic mass is 10.0. The maximum Gasteiger partial charge on any atom is 0.228 e. The molecule has 3 rings (SSSR count). The lowest BCUT2D eigenvalue weighted by Crippen LogP contribution is -2.42. The average molecular weight is 322 g/mol. The summed E-state index contributed by atoms with van der Waals surface area (Å²) in [5, 5.41) is 0. The normalized spacial score (nSPS) is 21.4. The van der Waals surface area contributed by atoms with Crippen molar-refractivity contribution in [3.63, 3.8) is 0 Å². The molecule has 1 saturated heterocycles. The number of amides is 1. The summed E-state index contributed by atoms with van der Waals surface area (Å²) in [4.78, 5) is 14.3. The molecular weight excluding hydrogens is 300 g/mol. The highest BCUT2D eigenvalue weighted by atomic mass is 32.2. The molecule has 0 atom stereocenters. The highest BCUT2D eigenvalue weighted by Crippen LogP contribution is 2.27. The summed E-state index contributed by atoms with van der Waals surface area (Å²) in [6.07, 6.45) is 3.84. The van der Waals surface area contributed by atoms with Crippen LogP contribution in [0.1, 0.15) is 31.2 Å². The Morgan fingerprint density at radius 1 is 1.09 bits per heavy atom. The second-order valence-electron chi connectivity index (χ2n) is 5.95. The molecule has 2 heterocycles. The van der Waals surface area contributed by atoms with E-state index in [1.807, 2.05) is 23.1 Å². The SMILES string of the molecule is O=C(CCN1CCCCS1(=O)=O)N1CCCc2ccccc21. The van der Waals surface area contributed by atoms with Crippen LogP contribution in [0.15, 0.2) is 24.3 Å². The summed E-state index contributed by atoms with van der Waals surface area (Å²) in [5.41, 5.74) is 2.19. The fourth-order valence-electron chi connectivity index (χ4n) is 3.24. The van der Waals surface area contributed by atoms with Gasteiger partial charge < -0.3 is 4.90 Å². The number of hydrogen-bond donors (Lipinski definition) is 0. The van der Waals surface area contributed by atoms with Gasteiger partial charge >= 0.3 is 0 Å². The zero-order valence-corrected chi connectivity index (χ0v) is 13.5. The Balaban J connectivity index is 1.66. The minimum absolute atomic E-state index is 0.0212. The molecule has 5 nitrogen and oxygen atoms in total. The van der Waals surface area contributed by atoms with Crippen LogP contribution in [0.25, 0.3) is 0 Å². The van der Waals surface area contributed by atoms with E-state index in [9.17, 15) is 13.2 Å². The first-order valence-electron chi connectivity index (χ1n) is 7.94. The lowest BCUT2D eigenvalue weighted by molar-refractivity contribution is -0.118. The van der Waals surface area contributed by atoms with Crippen LogP contribution < -0.4 is 4.90 Å². The summed E-state index contributed by atoms with van der Waals surface area (Å²) in [6, 6.07) is 7.97. The van der Waals surface area contributed by atoms with Crippen molar-refractivity contribution < 1.29 is 13.2 Å². The molecule has 1 aromatic carbocycles. The van der Waals surface area contributed by atoms with Crippen LogP contribution in [0, 0.1) is 0 Å². The quantitative estimate of drug-likeness (QED) is 0.852. The molecule has 0 N–H and O–H groups in total. The zero-order chi connectivity index (χ0) is 15.6. The van der Waals surface area contributed by atoms with Gasteiger partial charge in [-0.15, -0.1) is 0 Å². The van der Waals surface area contributed by atoms with Crippen LogP contribution in [0.3, 0.4) is 0 Å². The minimum atomic E-state index is -3.15. The maximum absolute atomic E-state index is 12.5. The van der Waals surface area contributed by atoms with E-state index in [2.05, 4.69) is 6.07 Å². The van der Waals surface area contributed by atoms with Gasteiger partial charge in [-0.2, -0.15) is 0 Å². The summed E-state index contributed by atoms with van der Waals surface area (Å²) in [6.45, 7) is 1.58. The molecule has 0 aromatic heterocycles. The van der Waals surface area contributed by atoms with Gasteiger partial charge in [0.05, 0.1) is 5.75 Å². The van der Waals surface area contributed by atoms with Crippen molar-refractivity contribution in [2.45, 2.75) is 32.1 Å². The van der Waals surface area contributed by atoms with Crippen LogP contribution >= 0.6 is 0 Å². The second kappa shape index (κ2) is 6.38. The van der Waals surface area contributed by atoms with Crippen molar-refractivity contribution in [2.24, 2.45) is 0 Å². The Hall–Kier alpha value is -1.40. The van der Waals surface area contributed by atoms with Gasteiger partial charge in [0.25, 0.3) is 0 Å². The topological polar surface area (TPSA) is 57.7 Å². The predicted octanol–water partition coefficient (Wildman–Crippen LogP) is 1.78. The molecule has 6 heteroatoms. The van der Waals surface area contributed by atoms with E-state index >= 15 is 0 Å². The van der Waals surface area contributed by atoms with E-state index in [-0.39, 0.29) is 18.1 Å². The first kappa shape index (κ1) is 15.5. The number of anilines is 1. The average Bonchev–Trinajstić information content (AvgIpc) is 2.52. The second-order valence-corrected chi connectivity index (χ2v) is 8.04. The summed E-state index contributed by atoms with van der Waals surface area (Å²) < 4.78 is 25.4. The van der Waals surface area contributed by atoms with Crippen LogP contribution in [0.2, 0.25) is 0 Å². The van der Waals surface area contributed by atoms with Gasteiger partial charge in [-0.3, -0.25) is 4.79 Å². The first-order valence-corrected chi connectivity index (χ1v) is 9.55. The molecule has 1 fully saturated rings. The van der Waals surface area contributed by atoms with Crippen molar-refractivity contribution in [2.75, 3.05) is 30.3 Å². The number of aryl methyl sites for hydroxylation is 1. The minimum Gasteiger partial charge on any atom is -0.312 e. The molecule has 0 bridgehead atoms. The molecule has 1 amide bonds. The summed E-state index contributed by atoms with van der Waals surface area (Å²) in [7, 11) is -3.15. The van der Waals surface area contributed by atoms with Gasteiger partial charge in [0.15, 0.2) is 0 Å². The Morgan fingerprint density at radius 3 is 2.73 bits per heavy atom. The first-order chi connectivity index (χ1) is 10.6. The molecule has 0 radical (unpaired) electrons. The van der Waals surface area contributed by atoms with Gasteiger partial charge in [-0.1, -0.05) is 18.2 Å². The number of para-hydroxylation sites is 1. The van der Waals surface area contributed by atoms with Gasteiger partial charge in [0.2, 0.25) is 15.9 Å². The third kappa shape index (κ3) is 3.17. The van der Waals surface area contributed by atoms with E-state index in [4.69, 9.17) is 0 Å². The molecule has 2 aliphatic heterocycles. The van der Waals surface area contributed by atoms with E-state index in [1.165, 1.54) is 9.87 Å². The standard InChI is InChI=1S/C16H22N2O3S/c19-16(9-12-17-10-3-4-13-22(17,20)21)18-11-5-7-14-6-1-2-8-15(14)18/h1-2,6,8H,3-5,7,9-13H2. The fourth-order valence-corrected chi connectivity index (χ4v) is 4.84. The highest BCUT2D eigenvalue weighted by Gasteiger charge is 2.28. The predicted molar refractivity (Wildman–Crippen MR) is 86.3 cm³/mol. The van der Waals surface area contributed by atoms with Gasteiger partial charge in [-0.05, 0) is 37.3 Å². The number of hydrogen-bond acceptors (Lipinski definition) is 3. The van der Waals surface area contributed by atoms with E-state index < -0.39 is 10.0 Å². The van der Waals surface area contributed by atoms with Crippen LogP contribution in [0.4, 0.5) is 5.69 Å². The zero-order valence-electron chi connectivity index (χ0n) is 12.7.